The molecule has 0 amide bonds. The van der Waals surface area contributed by atoms with Gasteiger partial charge in [-0.15, -0.1) is 0 Å². The van der Waals surface area contributed by atoms with Crippen LogP contribution in [0.5, 0.6) is 0 Å². The van der Waals surface area contributed by atoms with Gasteiger partial charge in [0.15, 0.2) is 0 Å². The molecule has 0 aliphatic heterocycles. The summed E-state index contributed by atoms with van der Waals surface area (Å²) in [5.41, 5.74) is 1.34. The van der Waals surface area contributed by atoms with E-state index in [2.05, 4.69) is 19.1 Å². The summed E-state index contributed by atoms with van der Waals surface area (Å²) in [4.78, 5) is 0. The first-order chi connectivity index (χ1) is 5.36. The minimum atomic E-state index is -0.755. The molecule has 1 rings (SSSR count). The summed E-state index contributed by atoms with van der Waals surface area (Å²) >= 11 is 0. The summed E-state index contributed by atoms with van der Waals surface area (Å²) in [5, 5.41) is 0.963. The predicted molar refractivity (Wildman–Crippen MR) is 50.5 cm³/mol. The van der Waals surface area contributed by atoms with E-state index in [9.17, 15) is 4.57 Å². The van der Waals surface area contributed by atoms with E-state index in [4.69, 9.17) is 0 Å². The van der Waals surface area contributed by atoms with Crippen LogP contribution < -0.4 is 5.30 Å². The molecule has 60 valence electrons. The molecule has 1 atom stereocenters. The Morgan fingerprint density at radius 3 is 2.36 bits per heavy atom. The minimum absolute atomic E-state index is 0.755. The molecule has 0 saturated carbocycles. The van der Waals surface area contributed by atoms with Crippen molar-refractivity contribution < 1.29 is 4.57 Å². The molecular formula is C9H13OP. The molecule has 1 aromatic rings. The number of hydrogen-bond acceptors (Lipinski definition) is 1. The number of rotatable bonds is 3. The van der Waals surface area contributed by atoms with E-state index in [1.807, 2.05) is 12.1 Å². The second kappa shape index (κ2) is 4.35. The smallest absolute Gasteiger partial charge is 0.0921 e. The van der Waals surface area contributed by atoms with Gasteiger partial charge in [-0.05, 0) is 12.0 Å². The molecule has 0 bridgehead atoms. The fraction of sp³-hybridized carbons (Fsp3) is 0.333. The highest BCUT2D eigenvalue weighted by Crippen LogP contribution is 2.03. The second-order valence-corrected chi connectivity index (χ2v) is 3.51. The van der Waals surface area contributed by atoms with E-state index in [1.54, 1.807) is 0 Å². The van der Waals surface area contributed by atoms with Gasteiger partial charge in [0, 0.05) is 5.30 Å². The van der Waals surface area contributed by atoms with Gasteiger partial charge < -0.3 is 4.57 Å². The topological polar surface area (TPSA) is 17.1 Å². The lowest BCUT2D eigenvalue weighted by atomic mass is 10.1. The van der Waals surface area contributed by atoms with Crippen LogP contribution in [0, 0.1) is 0 Å². The van der Waals surface area contributed by atoms with E-state index in [0.29, 0.717) is 0 Å². The number of benzene rings is 1. The lowest BCUT2D eigenvalue weighted by Gasteiger charge is -1.96. The highest BCUT2D eigenvalue weighted by molar-refractivity contribution is 7.34. The van der Waals surface area contributed by atoms with Gasteiger partial charge in [-0.25, -0.2) is 0 Å². The number of hydrogen-bond donors (Lipinski definition) is 0. The van der Waals surface area contributed by atoms with Gasteiger partial charge >= 0.3 is 0 Å². The maximum absolute atomic E-state index is 10.5. The first-order valence-corrected chi connectivity index (χ1v) is 4.96. The first-order valence-electron chi connectivity index (χ1n) is 3.91. The quantitative estimate of drug-likeness (QED) is 0.631. The average molecular weight is 168 g/mol. The Morgan fingerprint density at radius 1 is 1.27 bits per heavy atom. The van der Waals surface area contributed by atoms with Crippen molar-refractivity contribution in [1.29, 1.82) is 0 Å². The molecular weight excluding hydrogens is 155 g/mol. The Hall–Kier alpha value is -0.550. The molecule has 0 spiro atoms. The molecule has 1 aromatic carbocycles. The monoisotopic (exact) mass is 168 g/mol. The third-order valence-electron chi connectivity index (χ3n) is 1.65. The Morgan fingerprint density at radius 2 is 1.91 bits per heavy atom. The molecule has 0 radical (unpaired) electrons. The summed E-state index contributed by atoms with van der Waals surface area (Å²) < 4.78 is 10.5. The summed E-state index contributed by atoms with van der Waals surface area (Å²) in [6.07, 6.45) is 2.29. The molecule has 1 unspecified atom stereocenters. The molecule has 0 heterocycles. The van der Waals surface area contributed by atoms with Crippen LogP contribution in [-0.2, 0) is 11.0 Å². The van der Waals surface area contributed by atoms with Gasteiger partial charge in [-0.1, -0.05) is 37.6 Å². The van der Waals surface area contributed by atoms with Crippen LogP contribution in [0.1, 0.15) is 18.9 Å². The van der Waals surface area contributed by atoms with Crippen molar-refractivity contribution in [3.8, 4) is 0 Å². The van der Waals surface area contributed by atoms with Crippen LogP contribution in [-0.4, -0.2) is 0 Å². The molecule has 0 aliphatic carbocycles. The van der Waals surface area contributed by atoms with E-state index in [1.165, 1.54) is 12.0 Å². The lowest BCUT2D eigenvalue weighted by molar-refractivity contribution is 0.603. The van der Waals surface area contributed by atoms with Gasteiger partial charge in [0.05, 0.1) is 8.46 Å². The third-order valence-corrected chi connectivity index (χ3v) is 2.31. The van der Waals surface area contributed by atoms with Gasteiger partial charge in [-0.3, -0.25) is 0 Å². The Labute approximate surface area is 68.6 Å². The van der Waals surface area contributed by atoms with Crippen molar-refractivity contribution in [2.45, 2.75) is 19.8 Å². The Kier molecular flexibility index (Phi) is 3.38. The first kappa shape index (κ1) is 8.55. The summed E-state index contributed by atoms with van der Waals surface area (Å²) in [6, 6.07) is 8.02. The number of aryl methyl sites for hydroxylation is 1. The van der Waals surface area contributed by atoms with E-state index < -0.39 is 8.46 Å². The van der Waals surface area contributed by atoms with E-state index >= 15 is 0 Å². The standard InChI is InChI=1S/C9H13OP/c1-2-3-8-4-6-9(11-10)7-5-8/h4-7H,2-3,11H2,1H3. The maximum Gasteiger partial charge on any atom is 0.0921 e. The molecule has 2 heteroatoms. The van der Waals surface area contributed by atoms with Gasteiger partial charge in [0.1, 0.15) is 0 Å². The maximum atomic E-state index is 10.5. The SMILES string of the molecule is CCCc1ccc([PH2]=O)cc1. The zero-order valence-electron chi connectivity index (χ0n) is 6.71. The van der Waals surface area contributed by atoms with Crippen molar-refractivity contribution in [1.82, 2.24) is 0 Å². The zero-order valence-corrected chi connectivity index (χ0v) is 7.86. The highest BCUT2D eigenvalue weighted by Gasteiger charge is 1.90. The summed E-state index contributed by atoms with van der Waals surface area (Å²) in [5.74, 6) is 0. The fourth-order valence-electron chi connectivity index (χ4n) is 1.05. The van der Waals surface area contributed by atoms with Crippen LogP contribution in [0.2, 0.25) is 0 Å². The molecule has 1 nitrogen and oxygen atoms in total. The van der Waals surface area contributed by atoms with Crippen molar-refractivity contribution in [2.24, 2.45) is 0 Å². The lowest BCUT2D eigenvalue weighted by Crippen LogP contribution is -1.91. The van der Waals surface area contributed by atoms with Crippen LogP contribution in [0.4, 0.5) is 0 Å². The van der Waals surface area contributed by atoms with Crippen molar-refractivity contribution in [3.63, 3.8) is 0 Å². The summed E-state index contributed by atoms with van der Waals surface area (Å²) in [7, 11) is -0.755. The molecule has 0 aliphatic rings. The van der Waals surface area contributed by atoms with Crippen LogP contribution >= 0.6 is 8.46 Å². The molecule has 0 fully saturated rings. The van der Waals surface area contributed by atoms with Gasteiger partial charge in [-0.2, -0.15) is 0 Å². The van der Waals surface area contributed by atoms with Crippen molar-refractivity contribution in [3.05, 3.63) is 29.8 Å². The van der Waals surface area contributed by atoms with E-state index in [0.717, 1.165) is 11.7 Å². The van der Waals surface area contributed by atoms with Crippen LogP contribution in [0.15, 0.2) is 24.3 Å². The normalized spacial score (nSPS) is 11.0. The van der Waals surface area contributed by atoms with Crippen LogP contribution in [0.3, 0.4) is 0 Å². The molecule has 0 N–H and O–H groups in total. The van der Waals surface area contributed by atoms with Crippen molar-refractivity contribution >= 4 is 13.8 Å². The zero-order chi connectivity index (χ0) is 8.10. The minimum Gasteiger partial charge on any atom is -0.325 e. The second-order valence-electron chi connectivity index (χ2n) is 2.61. The predicted octanol–water partition coefficient (Wildman–Crippen LogP) is 2.02. The average Bonchev–Trinajstić information content (AvgIpc) is 2.07. The van der Waals surface area contributed by atoms with Gasteiger partial charge in [0.25, 0.3) is 0 Å². The summed E-state index contributed by atoms with van der Waals surface area (Å²) in [6.45, 7) is 2.16. The Bertz CT molecular complexity index is 228. The molecule has 0 saturated heterocycles. The molecule has 11 heavy (non-hydrogen) atoms. The van der Waals surface area contributed by atoms with Gasteiger partial charge in [0.2, 0.25) is 0 Å². The largest absolute Gasteiger partial charge is 0.325 e. The third kappa shape index (κ3) is 2.51. The highest BCUT2D eigenvalue weighted by atomic mass is 31.1. The van der Waals surface area contributed by atoms with Crippen LogP contribution in [0.25, 0.3) is 0 Å². The molecule has 0 aromatic heterocycles. The Balaban J connectivity index is 2.74. The van der Waals surface area contributed by atoms with E-state index in [-0.39, 0.29) is 0 Å². The fourth-order valence-corrected chi connectivity index (χ4v) is 1.40. The van der Waals surface area contributed by atoms with Crippen molar-refractivity contribution in [2.75, 3.05) is 0 Å².